The van der Waals surface area contributed by atoms with Gasteiger partial charge in [-0.15, -0.1) is 0 Å². The SMILES string of the molecule is CNCC(N)c1ccc(OC)c(C)c1. The Balaban J connectivity index is 2.85. The summed E-state index contributed by atoms with van der Waals surface area (Å²) < 4.78 is 5.18. The summed E-state index contributed by atoms with van der Waals surface area (Å²) >= 11 is 0. The fraction of sp³-hybridized carbons (Fsp3) is 0.455. The van der Waals surface area contributed by atoms with Gasteiger partial charge in [0.1, 0.15) is 5.75 Å². The molecular weight excluding hydrogens is 176 g/mol. The van der Waals surface area contributed by atoms with Crippen molar-refractivity contribution in [2.24, 2.45) is 5.73 Å². The topological polar surface area (TPSA) is 47.3 Å². The molecule has 1 rings (SSSR count). The van der Waals surface area contributed by atoms with Gasteiger partial charge < -0.3 is 15.8 Å². The predicted octanol–water partition coefficient (Wildman–Crippen LogP) is 1.22. The van der Waals surface area contributed by atoms with E-state index in [2.05, 4.69) is 11.4 Å². The van der Waals surface area contributed by atoms with E-state index in [0.29, 0.717) is 0 Å². The zero-order valence-electron chi connectivity index (χ0n) is 9.00. The van der Waals surface area contributed by atoms with Gasteiger partial charge in [0.25, 0.3) is 0 Å². The first-order valence-corrected chi connectivity index (χ1v) is 4.73. The summed E-state index contributed by atoms with van der Waals surface area (Å²) in [5, 5.41) is 3.06. The largest absolute Gasteiger partial charge is 0.496 e. The molecule has 1 atom stereocenters. The molecule has 3 N–H and O–H groups in total. The first-order valence-electron chi connectivity index (χ1n) is 4.73. The maximum absolute atomic E-state index is 5.96. The summed E-state index contributed by atoms with van der Waals surface area (Å²) in [4.78, 5) is 0. The van der Waals surface area contributed by atoms with Crippen molar-refractivity contribution in [3.63, 3.8) is 0 Å². The molecule has 0 radical (unpaired) electrons. The molecule has 0 heterocycles. The van der Waals surface area contributed by atoms with Gasteiger partial charge in [-0.1, -0.05) is 12.1 Å². The molecule has 0 aromatic heterocycles. The molecule has 1 unspecified atom stereocenters. The van der Waals surface area contributed by atoms with E-state index < -0.39 is 0 Å². The minimum atomic E-state index is 0.0459. The molecule has 0 aliphatic carbocycles. The van der Waals surface area contributed by atoms with E-state index in [1.54, 1.807) is 7.11 Å². The van der Waals surface area contributed by atoms with Gasteiger partial charge in [0.2, 0.25) is 0 Å². The lowest BCUT2D eigenvalue weighted by Gasteiger charge is -2.13. The molecule has 0 spiro atoms. The number of methoxy groups -OCH3 is 1. The van der Waals surface area contributed by atoms with Gasteiger partial charge >= 0.3 is 0 Å². The molecule has 0 saturated carbocycles. The van der Waals surface area contributed by atoms with Gasteiger partial charge in [0.15, 0.2) is 0 Å². The van der Waals surface area contributed by atoms with Crippen molar-refractivity contribution in [3.05, 3.63) is 29.3 Å². The first-order chi connectivity index (χ1) is 6.69. The van der Waals surface area contributed by atoms with Crippen LogP contribution in [0.15, 0.2) is 18.2 Å². The van der Waals surface area contributed by atoms with Crippen LogP contribution in [0.25, 0.3) is 0 Å². The van der Waals surface area contributed by atoms with Gasteiger partial charge in [-0.25, -0.2) is 0 Å². The summed E-state index contributed by atoms with van der Waals surface area (Å²) in [5.41, 5.74) is 8.22. The maximum atomic E-state index is 5.96. The van der Waals surface area contributed by atoms with E-state index in [1.165, 1.54) is 0 Å². The Bertz CT molecular complexity index is 299. The van der Waals surface area contributed by atoms with Gasteiger partial charge in [-0.05, 0) is 31.2 Å². The average molecular weight is 194 g/mol. The number of hydrogen-bond acceptors (Lipinski definition) is 3. The predicted molar refractivity (Wildman–Crippen MR) is 58.6 cm³/mol. The van der Waals surface area contributed by atoms with E-state index in [0.717, 1.165) is 23.4 Å². The van der Waals surface area contributed by atoms with E-state index >= 15 is 0 Å². The number of likely N-dealkylation sites (N-methyl/N-ethyl adjacent to an activating group) is 1. The summed E-state index contributed by atoms with van der Waals surface area (Å²) in [6.07, 6.45) is 0. The molecule has 1 aromatic carbocycles. The third-order valence-electron chi connectivity index (χ3n) is 2.27. The van der Waals surface area contributed by atoms with Gasteiger partial charge in [-0.3, -0.25) is 0 Å². The number of nitrogens with one attached hydrogen (secondary N) is 1. The Hall–Kier alpha value is -1.06. The maximum Gasteiger partial charge on any atom is 0.121 e. The van der Waals surface area contributed by atoms with Crippen molar-refractivity contribution < 1.29 is 4.74 Å². The molecule has 0 fully saturated rings. The van der Waals surface area contributed by atoms with Crippen LogP contribution in [0.1, 0.15) is 17.2 Å². The highest BCUT2D eigenvalue weighted by molar-refractivity contribution is 5.37. The van der Waals surface area contributed by atoms with E-state index in [1.807, 2.05) is 26.1 Å². The van der Waals surface area contributed by atoms with E-state index in [4.69, 9.17) is 10.5 Å². The van der Waals surface area contributed by atoms with E-state index in [-0.39, 0.29) is 6.04 Å². The fourth-order valence-corrected chi connectivity index (χ4v) is 1.47. The fourth-order valence-electron chi connectivity index (χ4n) is 1.47. The smallest absolute Gasteiger partial charge is 0.121 e. The van der Waals surface area contributed by atoms with Crippen LogP contribution in [0.2, 0.25) is 0 Å². The average Bonchev–Trinajstić information content (AvgIpc) is 2.18. The van der Waals surface area contributed by atoms with Crippen molar-refractivity contribution in [2.45, 2.75) is 13.0 Å². The van der Waals surface area contributed by atoms with Crippen LogP contribution >= 0.6 is 0 Å². The highest BCUT2D eigenvalue weighted by Gasteiger charge is 2.06. The minimum absolute atomic E-state index is 0.0459. The lowest BCUT2D eigenvalue weighted by atomic mass is 10.0. The lowest BCUT2D eigenvalue weighted by Crippen LogP contribution is -2.23. The number of ether oxygens (including phenoxy) is 1. The van der Waals surface area contributed by atoms with Crippen LogP contribution in [0, 0.1) is 6.92 Å². The highest BCUT2D eigenvalue weighted by Crippen LogP contribution is 2.21. The zero-order valence-corrected chi connectivity index (χ0v) is 9.00. The Morgan fingerprint density at radius 3 is 2.71 bits per heavy atom. The second kappa shape index (κ2) is 4.98. The number of rotatable bonds is 4. The number of hydrogen-bond donors (Lipinski definition) is 2. The Morgan fingerprint density at radius 1 is 1.50 bits per heavy atom. The van der Waals surface area contributed by atoms with Gasteiger partial charge in [0, 0.05) is 12.6 Å². The van der Waals surface area contributed by atoms with Crippen LogP contribution in [0.3, 0.4) is 0 Å². The molecule has 1 aromatic rings. The second-order valence-electron chi connectivity index (χ2n) is 3.39. The molecule has 0 amide bonds. The Labute approximate surface area is 85.3 Å². The quantitative estimate of drug-likeness (QED) is 0.757. The van der Waals surface area contributed by atoms with Crippen LogP contribution in [-0.2, 0) is 0 Å². The monoisotopic (exact) mass is 194 g/mol. The number of aryl methyl sites for hydroxylation is 1. The second-order valence-corrected chi connectivity index (χ2v) is 3.39. The number of benzene rings is 1. The van der Waals surface area contributed by atoms with Crippen molar-refractivity contribution >= 4 is 0 Å². The normalized spacial score (nSPS) is 12.6. The van der Waals surface area contributed by atoms with Crippen LogP contribution in [0.5, 0.6) is 5.75 Å². The molecule has 3 heteroatoms. The summed E-state index contributed by atoms with van der Waals surface area (Å²) in [7, 11) is 3.58. The third-order valence-corrected chi connectivity index (χ3v) is 2.27. The van der Waals surface area contributed by atoms with Crippen LogP contribution in [0.4, 0.5) is 0 Å². The van der Waals surface area contributed by atoms with Crippen LogP contribution in [-0.4, -0.2) is 20.7 Å². The number of nitrogens with two attached hydrogens (primary N) is 1. The standard InChI is InChI=1S/C11H18N2O/c1-8-6-9(10(12)7-13-2)4-5-11(8)14-3/h4-6,10,13H,7,12H2,1-3H3. The summed E-state index contributed by atoms with van der Waals surface area (Å²) in [5.74, 6) is 0.908. The molecule has 0 bridgehead atoms. The molecule has 3 nitrogen and oxygen atoms in total. The lowest BCUT2D eigenvalue weighted by molar-refractivity contribution is 0.411. The third kappa shape index (κ3) is 2.47. The van der Waals surface area contributed by atoms with Gasteiger partial charge in [0.05, 0.1) is 7.11 Å². The molecule has 0 aliphatic rings. The van der Waals surface area contributed by atoms with Crippen molar-refractivity contribution in [2.75, 3.05) is 20.7 Å². The van der Waals surface area contributed by atoms with E-state index in [9.17, 15) is 0 Å². The van der Waals surface area contributed by atoms with Crippen molar-refractivity contribution in [3.8, 4) is 5.75 Å². The molecular formula is C11H18N2O. The van der Waals surface area contributed by atoms with Crippen molar-refractivity contribution in [1.82, 2.24) is 5.32 Å². The van der Waals surface area contributed by atoms with Crippen LogP contribution < -0.4 is 15.8 Å². The minimum Gasteiger partial charge on any atom is -0.496 e. The summed E-state index contributed by atoms with van der Waals surface area (Å²) in [6.45, 7) is 2.81. The molecule has 0 saturated heterocycles. The molecule has 78 valence electrons. The van der Waals surface area contributed by atoms with Crippen molar-refractivity contribution in [1.29, 1.82) is 0 Å². The summed E-state index contributed by atoms with van der Waals surface area (Å²) in [6, 6.07) is 6.08. The Kier molecular flexibility index (Phi) is 3.92. The highest BCUT2D eigenvalue weighted by atomic mass is 16.5. The first kappa shape index (κ1) is 11.0. The zero-order chi connectivity index (χ0) is 10.6. The molecule has 0 aliphatic heterocycles. The molecule has 14 heavy (non-hydrogen) atoms. The Morgan fingerprint density at radius 2 is 2.21 bits per heavy atom. The van der Waals surface area contributed by atoms with Gasteiger partial charge in [-0.2, -0.15) is 0 Å².